The van der Waals surface area contributed by atoms with Crippen LogP contribution in [0.3, 0.4) is 0 Å². The van der Waals surface area contributed by atoms with Crippen molar-refractivity contribution in [2.24, 2.45) is 0 Å². The van der Waals surface area contributed by atoms with Crippen molar-refractivity contribution in [2.45, 2.75) is 30.7 Å². The quantitative estimate of drug-likeness (QED) is 0.901. The summed E-state index contributed by atoms with van der Waals surface area (Å²) in [7, 11) is -4.17. The van der Waals surface area contributed by atoms with Gasteiger partial charge in [0.25, 0.3) is 0 Å². The Morgan fingerprint density at radius 2 is 2.17 bits per heavy atom. The third-order valence-electron chi connectivity index (χ3n) is 3.49. The summed E-state index contributed by atoms with van der Waals surface area (Å²) in [4.78, 5) is 10.7. The predicted octanol–water partition coefficient (Wildman–Crippen LogP) is 1.86. The summed E-state index contributed by atoms with van der Waals surface area (Å²) in [5.74, 6) is -1.84. The number of hydrogen-bond donors (Lipinski definition) is 1. The maximum absolute atomic E-state index is 13.8. The summed E-state index contributed by atoms with van der Waals surface area (Å²) in [6.45, 7) is 2.02. The average Bonchev–Trinajstić information content (AvgIpc) is 2.50. The SMILES string of the molecule is CCOC(=O)NC1CCCN(S(=O)(=O)c2cc(F)ccc2F)C1. The van der Waals surface area contributed by atoms with E-state index in [2.05, 4.69) is 5.32 Å². The lowest BCUT2D eigenvalue weighted by Gasteiger charge is -2.32. The van der Waals surface area contributed by atoms with Gasteiger partial charge in [-0.15, -0.1) is 0 Å². The second-order valence-electron chi connectivity index (χ2n) is 5.14. The van der Waals surface area contributed by atoms with Gasteiger partial charge in [0.15, 0.2) is 0 Å². The third-order valence-corrected chi connectivity index (χ3v) is 5.37. The highest BCUT2D eigenvalue weighted by atomic mass is 32.2. The zero-order valence-electron chi connectivity index (χ0n) is 12.6. The number of nitrogens with zero attached hydrogens (tertiary/aromatic N) is 1. The first kappa shape index (κ1) is 17.6. The molecule has 1 atom stereocenters. The Hall–Kier alpha value is -1.74. The zero-order valence-corrected chi connectivity index (χ0v) is 13.4. The first-order valence-electron chi connectivity index (χ1n) is 7.23. The van der Waals surface area contributed by atoms with Gasteiger partial charge >= 0.3 is 6.09 Å². The number of carbonyl (C=O) groups is 1. The number of piperidine rings is 1. The van der Waals surface area contributed by atoms with E-state index in [-0.39, 0.29) is 19.7 Å². The van der Waals surface area contributed by atoms with E-state index in [1.54, 1.807) is 6.92 Å². The van der Waals surface area contributed by atoms with Crippen molar-refractivity contribution in [1.82, 2.24) is 9.62 Å². The van der Waals surface area contributed by atoms with Gasteiger partial charge in [-0.25, -0.2) is 22.0 Å². The van der Waals surface area contributed by atoms with E-state index in [1.165, 1.54) is 0 Å². The number of alkyl carbamates (subject to hydrolysis) is 1. The van der Waals surface area contributed by atoms with Crippen LogP contribution in [0.4, 0.5) is 13.6 Å². The lowest BCUT2D eigenvalue weighted by molar-refractivity contribution is 0.142. The molecule has 2 rings (SSSR count). The average molecular weight is 348 g/mol. The van der Waals surface area contributed by atoms with Gasteiger partial charge < -0.3 is 10.1 Å². The number of benzene rings is 1. The van der Waals surface area contributed by atoms with Gasteiger partial charge in [-0.3, -0.25) is 0 Å². The normalized spacial score (nSPS) is 19.3. The highest BCUT2D eigenvalue weighted by Crippen LogP contribution is 2.23. The maximum atomic E-state index is 13.8. The van der Waals surface area contributed by atoms with Crippen LogP contribution in [-0.2, 0) is 14.8 Å². The number of amides is 1. The number of halogens is 2. The Morgan fingerprint density at radius 1 is 1.43 bits per heavy atom. The number of nitrogens with one attached hydrogen (secondary N) is 1. The molecular weight excluding hydrogens is 330 g/mol. The van der Waals surface area contributed by atoms with E-state index in [1.807, 2.05) is 0 Å². The van der Waals surface area contributed by atoms with Crippen molar-refractivity contribution in [1.29, 1.82) is 0 Å². The first-order valence-corrected chi connectivity index (χ1v) is 8.67. The molecule has 23 heavy (non-hydrogen) atoms. The molecule has 0 radical (unpaired) electrons. The standard InChI is InChI=1S/C14H18F2N2O4S/c1-2-22-14(19)17-11-4-3-7-18(9-11)23(20,21)13-8-10(15)5-6-12(13)16/h5-6,8,11H,2-4,7,9H2,1H3,(H,17,19). The summed E-state index contributed by atoms with van der Waals surface area (Å²) < 4.78 is 57.8. The Labute approximate surface area is 133 Å². The smallest absolute Gasteiger partial charge is 0.407 e. The van der Waals surface area contributed by atoms with Gasteiger partial charge in [0.2, 0.25) is 10.0 Å². The van der Waals surface area contributed by atoms with Crippen LogP contribution in [0.2, 0.25) is 0 Å². The van der Waals surface area contributed by atoms with E-state index < -0.39 is 38.7 Å². The molecule has 1 aromatic carbocycles. The van der Waals surface area contributed by atoms with Gasteiger partial charge in [-0.05, 0) is 38.0 Å². The number of carbonyl (C=O) groups excluding carboxylic acids is 1. The number of rotatable bonds is 4. The molecule has 0 aliphatic carbocycles. The molecule has 1 fully saturated rings. The van der Waals surface area contributed by atoms with E-state index in [9.17, 15) is 22.0 Å². The van der Waals surface area contributed by atoms with Gasteiger partial charge in [-0.1, -0.05) is 0 Å². The van der Waals surface area contributed by atoms with Crippen LogP contribution in [0.25, 0.3) is 0 Å². The lowest BCUT2D eigenvalue weighted by Crippen LogP contribution is -2.49. The van der Waals surface area contributed by atoms with Crippen molar-refractivity contribution in [3.63, 3.8) is 0 Å². The van der Waals surface area contributed by atoms with E-state index in [4.69, 9.17) is 4.74 Å². The molecule has 9 heteroatoms. The summed E-state index contributed by atoms with van der Waals surface area (Å²) in [6.07, 6.45) is 0.442. The minimum Gasteiger partial charge on any atom is -0.450 e. The molecule has 1 aliphatic heterocycles. The van der Waals surface area contributed by atoms with Crippen LogP contribution in [0.15, 0.2) is 23.1 Å². The number of sulfonamides is 1. The molecule has 1 N–H and O–H groups in total. The van der Waals surface area contributed by atoms with E-state index >= 15 is 0 Å². The fourth-order valence-corrected chi connectivity index (χ4v) is 4.03. The number of hydrogen-bond acceptors (Lipinski definition) is 4. The molecule has 1 heterocycles. The third kappa shape index (κ3) is 4.17. The minimum atomic E-state index is -4.17. The second-order valence-corrected chi connectivity index (χ2v) is 7.05. The molecule has 1 aromatic rings. The molecule has 1 amide bonds. The monoisotopic (exact) mass is 348 g/mol. The molecule has 0 bridgehead atoms. The molecular formula is C14H18F2N2O4S. The van der Waals surface area contributed by atoms with E-state index in [0.29, 0.717) is 18.9 Å². The maximum Gasteiger partial charge on any atom is 0.407 e. The van der Waals surface area contributed by atoms with Crippen LogP contribution in [-0.4, -0.2) is 44.6 Å². The highest BCUT2D eigenvalue weighted by molar-refractivity contribution is 7.89. The van der Waals surface area contributed by atoms with Crippen LogP contribution < -0.4 is 5.32 Å². The predicted molar refractivity (Wildman–Crippen MR) is 78.3 cm³/mol. The van der Waals surface area contributed by atoms with Crippen molar-refractivity contribution in [3.05, 3.63) is 29.8 Å². The Morgan fingerprint density at radius 3 is 2.87 bits per heavy atom. The molecule has 1 aliphatic rings. The largest absolute Gasteiger partial charge is 0.450 e. The number of ether oxygens (including phenoxy) is 1. The van der Waals surface area contributed by atoms with Crippen molar-refractivity contribution >= 4 is 16.1 Å². The van der Waals surface area contributed by atoms with Crippen LogP contribution >= 0.6 is 0 Å². The van der Waals surface area contributed by atoms with Crippen molar-refractivity contribution in [2.75, 3.05) is 19.7 Å². The Bertz CT molecular complexity index is 681. The van der Waals surface area contributed by atoms with Crippen molar-refractivity contribution < 1.29 is 26.7 Å². The van der Waals surface area contributed by atoms with Crippen LogP contribution in [0.5, 0.6) is 0 Å². The molecule has 128 valence electrons. The fourth-order valence-electron chi connectivity index (χ4n) is 2.43. The molecule has 0 aromatic heterocycles. The van der Waals surface area contributed by atoms with Gasteiger partial charge in [0, 0.05) is 19.1 Å². The topological polar surface area (TPSA) is 75.7 Å². The molecule has 1 unspecified atom stereocenters. The first-order chi connectivity index (χ1) is 10.8. The molecule has 1 saturated heterocycles. The van der Waals surface area contributed by atoms with Crippen molar-refractivity contribution in [3.8, 4) is 0 Å². The molecule has 0 saturated carbocycles. The van der Waals surface area contributed by atoms with Gasteiger partial charge in [0.1, 0.15) is 16.5 Å². The zero-order chi connectivity index (χ0) is 17.0. The fraction of sp³-hybridized carbons (Fsp3) is 0.500. The molecule has 6 nitrogen and oxygen atoms in total. The molecule has 0 spiro atoms. The minimum absolute atomic E-state index is 0.0168. The van der Waals surface area contributed by atoms with E-state index in [0.717, 1.165) is 16.4 Å². The Kier molecular flexibility index (Phi) is 5.53. The summed E-state index contributed by atoms with van der Waals surface area (Å²) in [5.41, 5.74) is 0. The lowest BCUT2D eigenvalue weighted by atomic mass is 10.1. The summed E-state index contributed by atoms with van der Waals surface area (Å²) in [5, 5.41) is 2.56. The summed E-state index contributed by atoms with van der Waals surface area (Å²) >= 11 is 0. The highest BCUT2D eigenvalue weighted by Gasteiger charge is 2.33. The van der Waals surface area contributed by atoms with Gasteiger partial charge in [-0.2, -0.15) is 4.31 Å². The second kappa shape index (κ2) is 7.22. The van der Waals surface area contributed by atoms with Gasteiger partial charge in [0.05, 0.1) is 6.61 Å². The summed E-state index contributed by atoms with van der Waals surface area (Å²) in [6, 6.07) is 1.86. The Balaban J connectivity index is 2.16. The van der Waals surface area contributed by atoms with Crippen LogP contribution in [0.1, 0.15) is 19.8 Å². The van der Waals surface area contributed by atoms with Crippen LogP contribution in [0, 0.1) is 11.6 Å².